The number of benzene rings is 1. The van der Waals surface area contributed by atoms with Gasteiger partial charge in [-0.1, -0.05) is 23.8 Å². The van der Waals surface area contributed by atoms with E-state index in [-0.39, 0.29) is 52.0 Å². The SMILES string of the molecule is COc1cc(C=NN2C(=O)[C@@H]3[C@H](C2=O)[C@H]2C=C[C@H]3C2)c(Br)c(Cl)c1O[C@H](C)C(=O)O. The van der Waals surface area contributed by atoms with Gasteiger partial charge in [-0.05, 0) is 47.2 Å². The Balaban J connectivity index is 1.61. The van der Waals surface area contributed by atoms with E-state index in [2.05, 4.69) is 21.0 Å². The monoisotopic (exact) mass is 496 g/mol. The molecule has 0 unspecified atom stereocenters. The third-order valence-corrected chi connectivity index (χ3v) is 7.22. The van der Waals surface area contributed by atoms with Crippen LogP contribution in [0.15, 0.2) is 27.8 Å². The number of imide groups is 1. The van der Waals surface area contributed by atoms with Gasteiger partial charge < -0.3 is 14.6 Å². The van der Waals surface area contributed by atoms with Crippen molar-refractivity contribution in [2.45, 2.75) is 19.4 Å². The first-order chi connectivity index (χ1) is 14.2. The second-order valence-electron chi connectivity index (χ2n) is 7.46. The number of hydrogen-bond acceptors (Lipinski definition) is 6. The quantitative estimate of drug-likeness (QED) is 0.368. The van der Waals surface area contributed by atoms with E-state index in [1.54, 1.807) is 0 Å². The zero-order valence-corrected chi connectivity index (χ0v) is 18.4. The lowest BCUT2D eigenvalue weighted by molar-refractivity contribution is -0.144. The fourth-order valence-corrected chi connectivity index (χ4v) is 4.95. The molecule has 0 aromatic heterocycles. The molecule has 5 atom stereocenters. The molecule has 1 saturated heterocycles. The lowest BCUT2D eigenvalue weighted by atomic mass is 9.85. The summed E-state index contributed by atoms with van der Waals surface area (Å²) in [5.74, 6) is -1.95. The number of carboxylic acid groups (broad SMARTS) is 1. The third kappa shape index (κ3) is 3.20. The Bertz CT molecular complexity index is 980. The first kappa shape index (κ1) is 20.9. The van der Waals surface area contributed by atoms with Crippen molar-refractivity contribution in [2.75, 3.05) is 7.11 Å². The first-order valence-electron chi connectivity index (χ1n) is 9.30. The predicted octanol–water partition coefficient (Wildman–Crippen LogP) is 3.10. The topological polar surface area (TPSA) is 106 Å². The van der Waals surface area contributed by atoms with Crippen molar-refractivity contribution in [1.29, 1.82) is 0 Å². The minimum atomic E-state index is -1.16. The summed E-state index contributed by atoms with van der Waals surface area (Å²) in [5.41, 5.74) is 0.436. The van der Waals surface area contributed by atoms with E-state index in [9.17, 15) is 14.4 Å². The van der Waals surface area contributed by atoms with E-state index in [1.807, 2.05) is 12.2 Å². The molecule has 2 amide bonds. The van der Waals surface area contributed by atoms with E-state index >= 15 is 0 Å². The number of hydrazone groups is 1. The van der Waals surface area contributed by atoms with E-state index < -0.39 is 12.1 Å². The van der Waals surface area contributed by atoms with Gasteiger partial charge in [0.15, 0.2) is 17.6 Å². The van der Waals surface area contributed by atoms with Crippen LogP contribution in [0.5, 0.6) is 11.5 Å². The molecule has 0 spiro atoms. The zero-order valence-electron chi connectivity index (χ0n) is 16.0. The average molecular weight is 498 g/mol. The Morgan fingerprint density at radius 3 is 2.47 bits per heavy atom. The minimum absolute atomic E-state index is 0.0589. The summed E-state index contributed by atoms with van der Waals surface area (Å²) in [5, 5.41) is 14.2. The Labute approximate surface area is 185 Å². The van der Waals surface area contributed by atoms with Gasteiger partial charge in [0.05, 0.1) is 25.2 Å². The number of nitrogens with zero attached hydrogens (tertiary/aromatic N) is 2. The number of carbonyl (C=O) groups excluding carboxylic acids is 2. The summed E-state index contributed by atoms with van der Waals surface area (Å²) in [7, 11) is 1.39. The highest BCUT2D eigenvalue weighted by molar-refractivity contribution is 9.10. The van der Waals surface area contributed by atoms with Crippen LogP contribution in [0.2, 0.25) is 5.02 Å². The maximum Gasteiger partial charge on any atom is 0.344 e. The minimum Gasteiger partial charge on any atom is -0.493 e. The fraction of sp³-hybridized carbons (Fsp3) is 0.400. The lowest BCUT2D eigenvalue weighted by Crippen LogP contribution is -2.28. The standard InChI is InChI=1S/C20H18BrClN2O6/c1-8(20(27)28)30-17-12(29-2)6-11(15(21)16(17)22)7-23-24-18(25)13-9-3-4-10(5-9)14(13)19(24)26/h3-4,6-10,13-14H,5H2,1-2H3,(H,27,28)/t8-,9+,10+,13-,14+/m1/s1. The summed E-state index contributed by atoms with van der Waals surface area (Å²) in [6.45, 7) is 1.37. The second kappa shape index (κ2) is 7.70. The molecule has 1 aromatic carbocycles. The normalized spacial score (nSPS) is 27.8. The van der Waals surface area contributed by atoms with Crippen LogP contribution in [0.4, 0.5) is 0 Å². The number of rotatable bonds is 6. The molecule has 1 aliphatic heterocycles. The molecule has 1 heterocycles. The molecule has 1 saturated carbocycles. The average Bonchev–Trinajstić information content (AvgIpc) is 3.39. The molecule has 2 bridgehead atoms. The van der Waals surface area contributed by atoms with Crippen molar-refractivity contribution in [3.63, 3.8) is 0 Å². The summed E-state index contributed by atoms with van der Waals surface area (Å²) in [6, 6.07) is 1.53. The summed E-state index contributed by atoms with van der Waals surface area (Å²) in [4.78, 5) is 36.6. The number of aliphatic carboxylic acids is 1. The number of carboxylic acids is 1. The second-order valence-corrected chi connectivity index (χ2v) is 8.63. The molecule has 8 nitrogen and oxygen atoms in total. The lowest BCUT2D eigenvalue weighted by Gasteiger charge is -2.17. The Morgan fingerprint density at radius 1 is 1.33 bits per heavy atom. The van der Waals surface area contributed by atoms with E-state index in [0.717, 1.165) is 11.4 Å². The fourth-order valence-electron chi connectivity index (χ4n) is 4.31. The van der Waals surface area contributed by atoms with Gasteiger partial charge in [0.1, 0.15) is 5.02 Å². The van der Waals surface area contributed by atoms with Crippen LogP contribution in [-0.4, -0.2) is 47.3 Å². The van der Waals surface area contributed by atoms with Gasteiger partial charge in [0.2, 0.25) is 0 Å². The molecular weight excluding hydrogens is 480 g/mol. The summed E-state index contributed by atoms with van der Waals surface area (Å²) < 4.78 is 11.0. The number of hydrogen-bond donors (Lipinski definition) is 1. The van der Waals surface area contributed by atoms with Crippen molar-refractivity contribution >= 4 is 51.5 Å². The van der Waals surface area contributed by atoms with E-state index in [4.69, 9.17) is 26.2 Å². The van der Waals surface area contributed by atoms with Gasteiger partial charge in [-0.2, -0.15) is 10.1 Å². The molecule has 1 aromatic rings. The van der Waals surface area contributed by atoms with Gasteiger partial charge in [0, 0.05) is 10.0 Å². The van der Waals surface area contributed by atoms with Crippen LogP contribution >= 0.6 is 27.5 Å². The van der Waals surface area contributed by atoms with Crippen molar-refractivity contribution in [3.8, 4) is 11.5 Å². The number of carbonyl (C=O) groups is 3. The molecule has 158 valence electrons. The van der Waals surface area contributed by atoms with E-state index in [0.29, 0.717) is 10.0 Å². The maximum absolute atomic E-state index is 12.7. The van der Waals surface area contributed by atoms with Crippen molar-refractivity contribution in [2.24, 2.45) is 28.8 Å². The first-order valence-corrected chi connectivity index (χ1v) is 10.5. The van der Waals surface area contributed by atoms with Crippen LogP contribution in [-0.2, 0) is 14.4 Å². The van der Waals surface area contributed by atoms with Crippen LogP contribution < -0.4 is 9.47 Å². The number of methoxy groups -OCH3 is 1. The third-order valence-electron chi connectivity index (χ3n) is 5.78. The predicted molar refractivity (Wildman–Crippen MR) is 111 cm³/mol. The Hall–Kier alpha value is -2.39. The number of ether oxygens (including phenoxy) is 2. The summed E-state index contributed by atoms with van der Waals surface area (Å²) in [6.07, 6.45) is 5.07. The molecule has 2 aliphatic carbocycles. The van der Waals surface area contributed by atoms with Crippen LogP contribution in [0.1, 0.15) is 18.9 Å². The van der Waals surface area contributed by atoms with E-state index in [1.165, 1.54) is 26.3 Å². The Morgan fingerprint density at radius 2 is 1.93 bits per heavy atom. The number of amides is 2. The number of fused-ring (bicyclic) bond motifs is 5. The van der Waals surface area contributed by atoms with Crippen LogP contribution in [0.25, 0.3) is 0 Å². The molecule has 2 fully saturated rings. The van der Waals surface area contributed by atoms with Gasteiger partial charge in [-0.3, -0.25) is 9.59 Å². The van der Waals surface area contributed by atoms with Gasteiger partial charge >= 0.3 is 5.97 Å². The number of allylic oxidation sites excluding steroid dienone is 2. The number of halogens is 2. The summed E-state index contributed by atoms with van der Waals surface area (Å²) >= 11 is 9.68. The Kier molecular flexibility index (Phi) is 5.36. The maximum atomic E-state index is 12.7. The highest BCUT2D eigenvalue weighted by Gasteiger charge is 2.59. The molecule has 4 rings (SSSR count). The van der Waals surface area contributed by atoms with Crippen molar-refractivity contribution < 1.29 is 29.0 Å². The van der Waals surface area contributed by atoms with Crippen LogP contribution in [0.3, 0.4) is 0 Å². The van der Waals surface area contributed by atoms with Gasteiger partial charge in [-0.25, -0.2) is 4.79 Å². The smallest absolute Gasteiger partial charge is 0.344 e. The van der Waals surface area contributed by atoms with Crippen LogP contribution in [0, 0.1) is 23.7 Å². The molecule has 30 heavy (non-hydrogen) atoms. The molecule has 0 radical (unpaired) electrons. The van der Waals surface area contributed by atoms with Gasteiger partial charge in [0.25, 0.3) is 11.8 Å². The van der Waals surface area contributed by atoms with Gasteiger partial charge in [-0.15, -0.1) is 0 Å². The zero-order chi connectivity index (χ0) is 21.7. The van der Waals surface area contributed by atoms with Crippen molar-refractivity contribution in [3.05, 3.63) is 33.3 Å². The largest absolute Gasteiger partial charge is 0.493 e. The molecular formula is C20H18BrClN2O6. The highest BCUT2D eigenvalue weighted by atomic mass is 79.9. The van der Waals surface area contributed by atoms with Crippen molar-refractivity contribution in [1.82, 2.24) is 5.01 Å². The molecule has 1 N–H and O–H groups in total. The molecule has 10 heteroatoms. The molecule has 3 aliphatic rings. The highest BCUT2D eigenvalue weighted by Crippen LogP contribution is 2.52.